The number of nitrogens with one attached hydrogen (secondary N) is 1. The van der Waals surface area contributed by atoms with E-state index in [0.29, 0.717) is 6.42 Å². The molecular weight excluding hydrogens is 373 g/mol. The summed E-state index contributed by atoms with van der Waals surface area (Å²) in [7, 11) is 0. The number of hydrogen-bond acceptors (Lipinski definition) is 3. The second kappa shape index (κ2) is 16.2. The van der Waals surface area contributed by atoms with Crippen LogP contribution in [0.3, 0.4) is 0 Å². The van der Waals surface area contributed by atoms with E-state index in [1.54, 1.807) is 20.8 Å². The van der Waals surface area contributed by atoms with Crippen LogP contribution < -0.4 is 5.32 Å². The van der Waals surface area contributed by atoms with E-state index in [-0.39, 0.29) is 6.42 Å². The highest BCUT2D eigenvalue weighted by Crippen LogP contribution is 2.15. The van der Waals surface area contributed by atoms with Crippen molar-refractivity contribution < 1.29 is 23.8 Å². The third-order valence-electron chi connectivity index (χ3n) is 4.56. The van der Waals surface area contributed by atoms with Gasteiger partial charge in [0.2, 0.25) is 0 Å². The molecule has 5 nitrogen and oxygen atoms in total. The minimum atomic E-state index is -1.33. The van der Waals surface area contributed by atoms with Gasteiger partial charge in [-0.05, 0) is 33.6 Å². The summed E-state index contributed by atoms with van der Waals surface area (Å²) in [6.45, 7) is 7.26. The van der Waals surface area contributed by atoms with Crippen LogP contribution in [0.5, 0.6) is 0 Å². The molecule has 0 aromatic rings. The topological polar surface area (TPSA) is 75.6 Å². The number of rotatable bonds is 16. The van der Waals surface area contributed by atoms with Crippen molar-refractivity contribution in [3.8, 4) is 0 Å². The molecule has 0 bridgehead atoms. The summed E-state index contributed by atoms with van der Waals surface area (Å²) < 4.78 is 19.0. The van der Waals surface area contributed by atoms with Crippen LogP contribution in [0.2, 0.25) is 0 Å². The lowest BCUT2D eigenvalue weighted by atomic mass is 10.0. The highest BCUT2D eigenvalue weighted by molar-refractivity contribution is 5.80. The lowest BCUT2D eigenvalue weighted by molar-refractivity contribution is -0.139. The van der Waals surface area contributed by atoms with Gasteiger partial charge in [0, 0.05) is 6.42 Å². The minimum absolute atomic E-state index is 0.368. The van der Waals surface area contributed by atoms with Gasteiger partial charge < -0.3 is 15.2 Å². The number of carboxylic acid groups (broad SMARTS) is 1. The van der Waals surface area contributed by atoms with Crippen molar-refractivity contribution in [2.45, 2.75) is 123 Å². The average molecular weight is 416 g/mol. The molecule has 170 valence electrons. The molecule has 0 rings (SSSR count). The summed E-state index contributed by atoms with van der Waals surface area (Å²) in [6, 6.07) is -1.33. The summed E-state index contributed by atoms with van der Waals surface area (Å²) in [5.41, 5.74) is -0.740. The summed E-state index contributed by atoms with van der Waals surface area (Å²) in [6.07, 6.45) is 14.3. The third kappa shape index (κ3) is 18.2. The van der Waals surface area contributed by atoms with Gasteiger partial charge in [-0.1, -0.05) is 77.2 Å². The van der Waals surface area contributed by atoms with E-state index >= 15 is 0 Å². The molecule has 0 spiro atoms. The number of ether oxygens (including phenoxy) is 1. The lowest BCUT2D eigenvalue weighted by Gasteiger charge is -2.21. The van der Waals surface area contributed by atoms with Gasteiger partial charge in [-0.3, -0.25) is 0 Å². The maximum atomic E-state index is 14.0. The van der Waals surface area contributed by atoms with Crippen molar-refractivity contribution in [2.24, 2.45) is 0 Å². The zero-order valence-electron chi connectivity index (χ0n) is 18.9. The normalized spacial score (nSPS) is 13.2. The van der Waals surface area contributed by atoms with Crippen LogP contribution in [0.25, 0.3) is 0 Å². The van der Waals surface area contributed by atoms with Gasteiger partial charge in [0.15, 0.2) is 0 Å². The first-order valence-electron chi connectivity index (χ1n) is 11.2. The van der Waals surface area contributed by atoms with E-state index in [1.165, 1.54) is 57.4 Å². The Hall–Kier alpha value is -1.59. The second-order valence-corrected chi connectivity index (χ2v) is 8.72. The molecule has 2 N–H and O–H groups in total. The molecule has 0 saturated carbocycles. The number of carboxylic acids is 1. The molecule has 0 aromatic carbocycles. The molecule has 0 aliphatic heterocycles. The van der Waals surface area contributed by atoms with Crippen LogP contribution in [-0.2, 0) is 9.53 Å². The molecule has 0 aliphatic carbocycles. The smallest absolute Gasteiger partial charge is 0.408 e. The summed E-state index contributed by atoms with van der Waals surface area (Å²) >= 11 is 0. The Morgan fingerprint density at radius 3 is 1.90 bits per heavy atom. The van der Waals surface area contributed by atoms with E-state index < -0.39 is 29.5 Å². The van der Waals surface area contributed by atoms with Gasteiger partial charge in [0.1, 0.15) is 11.6 Å². The number of aliphatic carboxylic acids is 1. The van der Waals surface area contributed by atoms with Crippen LogP contribution in [0, 0.1) is 0 Å². The van der Waals surface area contributed by atoms with Gasteiger partial charge >= 0.3 is 12.1 Å². The monoisotopic (exact) mass is 415 g/mol. The molecule has 0 heterocycles. The molecule has 0 fully saturated rings. The molecule has 0 saturated heterocycles. The highest BCUT2D eigenvalue weighted by Gasteiger charge is 2.24. The number of carbonyl (C=O) groups excluding carboxylic acids is 1. The summed E-state index contributed by atoms with van der Waals surface area (Å²) in [5.74, 6) is -1.80. The largest absolute Gasteiger partial charge is 0.480 e. The second-order valence-electron chi connectivity index (χ2n) is 8.72. The van der Waals surface area contributed by atoms with Crippen LogP contribution >= 0.6 is 0 Å². The molecule has 0 aliphatic rings. The Morgan fingerprint density at radius 2 is 1.45 bits per heavy atom. The van der Waals surface area contributed by atoms with Crippen LogP contribution in [-0.4, -0.2) is 28.8 Å². The Morgan fingerprint density at radius 1 is 0.966 bits per heavy atom. The molecule has 1 amide bonds. The van der Waals surface area contributed by atoms with Crippen LogP contribution in [0.1, 0.15) is 111 Å². The highest BCUT2D eigenvalue weighted by atomic mass is 19.1. The number of amides is 1. The Kier molecular flexibility index (Phi) is 15.3. The molecular formula is C23H42FNO4. The molecule has 0 unspecified atom stereocenters. The van der Waals surface area contributed by atoms with Crippen molar-refractivity contribution in [1.29, 1.82) is 0 Å². The standard InChI is InChI=1S/C23H42FNO4/c1-5-6-7-8-9-10-11-12-13-14-15-16-17-19(24)18-20(21(26)27)25-22(28)29-23(2,3)4/h17,20H,5-16,18H2,1-4H3,(H,25,28)(H,26,27)/b19-17-/t20-/m1/s1. The Labute approximate surface area is 176 Å². The number of hydrogen-bond donors (Lipinski definition) is 2. The van der Waals surface area contributed by atoms with Crippen LogP contribution in [0.4, 0.5) is 9.18 Å². The lowest BCUT2D eigenvalue weighted by Crippen LogP contribution is -2.43. The fourth-order valence-corrected chi connectivity index (χ4v) is 3.00. The van der Waals surface area contributed by atoms with Crippen molar-refractivity contribution in [3.05, 3.63) is 11.9 Å². The predicted octanol–water partition coefficient (Wildman–Crippen LogP) is 6.91. The fraction of sp³-hybridized carbons (Fsp3) is 0.826. The van der Waals surface area contributed by atoms with E-state index in [0.717, 1.165) is 19.3 Å². The number of carbonyl (C=O) groups is 2. The first-order chi connectivity index (χ1) is 13.7. The first-order valence-corrected chi connectivity index (χ1v) is 11.2. The van der Waals surface area contributed by atoms with Gasteiger partial charge in [0.25, 0.3) is 0 Å². The minimum Gasteiger partial charge on any atom is -0.480 e. The Balaban J connectivity index is 3.92. The van der Waals surface area contributed by atoms with Gasteiger partial charge in [0.05, 0.1) is 5.83 Å². The average Bonchev–Trinajstić information content (AvgIpc) is 2.60. The van der Waals surface area contributed by atoms with Crippen LogP contribution in [0.15, 0.2) is 11.9 Å². The van der Waals surface area contributed by atoms with Crippen molar-refractivity contribution in [3.63, 3.8) is 0 Å². The summed E-state index contributed by atoms with van der Waals surface area (Å²) in [5, 5.41) is 11.4. The molecule has 1 atom stereocenters. The van der Waals surface area contributed by atoms with Gasteiger partial charge in [-0.25, -0.2) is 14.0 Å². The number of alkyl carbamates (subject to hydrolysis) is 1. The quantitative estimate of drug-likeness (QED) is 0.269. The van der Waals surface area contributed by atoms with Gasteiger partial charge in [-0.15, -0.1) is 0 Å². The van der Waals surface area contributed by atoms with Crippen molar-refractivity contribution in [1.82, 2.24) is 5.32 Å². The molecule has 6 heteroatoms. The predicted molar refractivity (Wildman–Crippen MR) is 116 cm³/mol. The zero-order valence-corrected chi connectivity index (χ0v) is 18.9. The van der Waals surface area contributed by atoms with E-state index in [2.05, 4.69) is 12.2 Å². The fourth-order valence-electron chi connectivity index (χ4n) is 3.00. The summed E-state index contributed by atoms with van der Waals surface area (Å²) in [4.78, 5) is 22.9. The maximum Gasteiger partial charge on any atom is 0.408 e. The number of halogens is 1. The SMILES string of the molecule is CCCCCCCCCCCCC/C=C(\F)C[C@@H](NC(=O)OC(C)(C)C)C(=O)O. The molecule has 0 radical (unpaired) electrons. The van der Waals surface area contributed by atoms with Crippen molar-refractivity contribution in [2.75, 3.05) is 0 Å². The van der Waals surface area contributed by atoms with Crippen molar-refractivity contribution >= 4 is 12.1 Å². The van der Waals surface area contributed by atoms with Gasteiger partial charge in [-0.2, -0.15) is 0 Å². The Bertz CT molecular complexity index is 486. The molecule has 0 aromatic heterocycles. The van der Waals surface area contributed by atoms with E-state index in [4.69, 9.17) is 4.74 Å². The zero-order chi connectivity index (χ0) is 22.1. The number of allylic oxidation sites excluding steroid dienone is 1. The van der Waals surface area contributed by atoms with E-state index in [9.17, 15) is 19.1 Å². The number of unbranched alkanes of at least 4 members (excludes halogenated alkanes) is 11. The van der Waals surface area contributed by atoms with E-state index in [1.807, 2.05) is 0 Å². The molecule has 29 heavy (non-hydrogen) atoms. The first kappa shape index (κ1) is 27.4. The third-order valence-corrected chi connectivity index (χ3v) is 4.56. The maximum absolute atomic E-state index is 14.0.